The fourth-order valence-corrected chi connectivity index (χ4v) is 3.48. The van der Waals surface area contributed by atoms with Gasteiger partial charge < -0.3 is 30.6 Å². The zero-order valence-corrected chi connectivity index (χ0v) is 18.0. The number of anilines is 1. The van der Waals surface area contributed by atoms with Gasteiger partial charge in [-0.05, 0) is 42.0 Å². The molecule has 0 saturated carbocycles. The van der Waals surface area contributed by atoms with E-state index >= 15 is 0 Å². The van der Waals surface area contributed by atoms with Crippen LogP contribution in [0.4, 0.5) is 10.5 Å². The number of fused-ring (bicyclic) bond motifs is 1. The summed E-state index contributed by atoms with van der Waals surface area (Å²) in [6.07, 6.45) is 0.774. The van der Waals surface area contributed by atoms with Crippen molar-refractivity contribution in [3.63, 3.8) is 0 Å². The summed E-state index contributed by atoms with van der Waals surface area (Å²) in [6.45, 7) is 1.14. The van der Waals surface area contributed by atoms with Crippen LogP contribution < -0.4 is 30.6 Å². The molecule has 3 aromatic carbocycles. The third-order valence-electron chi connectivity index (χ3n) is 4.98. The Morgan fingerprint density at radius 2 is 1.67 bits per heavy atom. The van der Waals surface area contributed by atoms with Crippen molar-refractivity contribution >= 4 is 17.6 Å². The molecule has 0 spiro atoms. The summed E-state index contributed by atoms with van der Waals surface area (Å²) in [6, 6.07) is 20.4. The first-order chi connectivity index (χ1) is 16.1. The van der Waals surface area contributed by atoms with Gasteiger partial charge in [-0.3, -0.25) is 4.79 Å². The molecule has 4 N–H and O–H groups in total. The fraction of sp³-hybridized carbons (Fsp3) is 0.200. The second-order valence-electron chi connectivity index (χ2n) is 7.51. The van der Waals surface area contributed by atoms with E-state index in [0.717, 1.165) is 6.42 Å². The number of hydrogen-bond acceptors (Lipinski definition) is 5. The topological polar surface area (TPSA) is 112 Å². The molecule has 3 amide bonds. The smallest absolute Gasteiger partial charge is 0.312 e. The zero-order chi connectivity index (χ0) is 23.0. The molecular weight excluding hydrogens is 422 g/mol. The van der Waals surface area contributed by atoms with Crippen LogP contribution in [0.15, 0.2) is 72.8 Å². The lowest BCUT2D eigenvalue weighted by Gasteiger charge is -2.19. The van der Waals surface area contributed by atoms with Crippen LogP contribution in [0.3, 0.4) is 0 Å². The Hall–Kier alpha value is -4.20. The molecule has 0 aromatic heterocycles. The van der Waals surface area contributed by atoms with Crippen molar-refractivity contribution in [3.05, 3.63) is 78.4 Å². The summed E-state index contributed by atoms with van der Waals surface area (Å²) in [7, 11) is 0. The van der Waals surface area contributed by atoms with E-state index in [4.69, 9.17) is 19.9 Å². The number of benzene rings is 3. The summed E-state index contributed by atoms with van der Waals surface area (Å²) in [5.74, 6) is 2.20. The predicted octanol–water partition coefficient (Wildman–Crippen LogP) is 4.38. The number of nitrogens with two attached hydrogens (primary N) is 1. The third kappa shape index (κ3) is 6.16. The summed E-state index contributed by atoms with van der Waals surface area (Å²) >= 11 is 0. The van der Waals surface area contributed by atoms with Gasteiger partial charge in [-0.25, -0.2) is 4.79 Å². The minimum Gasteiger partial charge on any atom is -0.490 e. The molecule has 0 saturated heterocycles. The minimum atomic E-state index is -0.724. The van der Waals surface area contributed by atoms with Crippen molar-refractivity contribution < 1.29 is 23.8 Å². The van der Waals surface area contributed by atoms with Gasteiger partial charge in [0.1, 0.15) is 11.5 Å². The number of amides is 3. The Kier molecular flexibility index (Phi) is 6.94. The molecular formula is C25H25N3O5. The molecule has 1 aliphatic heterocycles. The molecule has 33 heavy (non-hydrogen) atoms. The molecule has 0 aliphatic carbocycles. The molecule has 8 nitrogen and oxygen atoms in total. The van der Waals surface area contributed by atoms with E-state index in [1.54, 1.807) is 42.5 Å². The van der Waals surface area contributed by atoms with Crippen molar-refractivity contribution in [2.45, 2.75) is 18.9 Å². The van der Waals surface area contributed by atoms with Crippen LogP contribution >= 0.6 is 0 Å². The molecule has 4 rings (SSSR count). The highest BCUT2D eigenvalue weighted by atomic mass is 16.5. The van der Waals surface area contributed by atoms with Crippen LogP contribution in [-0.4, -0.2) is 25.2 Å². The largest absolute Gasteiger partial charge is 0.490 e. The second-order valence-corrected chi connectivity index (χ2v) is 7.51. The Labute approximate surface area is 191 Å². The lowest BCUT2D eigenvalue weighted by atomic mass is 10.0. The highest BCUT2D eigenvalue weighted by molar-refractivity contribution is 5.92. The molecule has 0 unspecified atom stereocenters. The second kappa shape index (κ2) is 10.4. The molecule has 0 bridgehead atoms. The van der Waals surface area contributed by atoms with Crippen LogP contribution in [0, 0.1) is 0 Å². The maximum Gasteiger partial charge on any atom is 0.312 e. The summed E-state index contributed by atoms with van der Waals surface area (Å²) in [5, 5.41) is 5.48. The van der Waals surface area contributed by atoms with Crippen LogP contribution in [0.1, 0.15) is 24.4 Å². The Morgan fingerprint density at radius 3 is 2.45 bits per heavy atom. The highest BCUT2D eigenvalue weighted by Crippen LogP contribution is 2.32. The van der Waals surface area contributed by atoms with Crippen LogP contribution in [0.5, 0.6) is 23.0 Å². The zero-order valence-electron chi connectivity index (χ0n) is 18.0. The molecule has 1 heterocycles. The lowest BCUT2D eigenvalue weighted by Crippen LogP contribution is -2.35. The first-order valence-corrected chi connectivity index (χ1v) is 10.7. The number of carbonyl (C=O) groups is 2. The predicted molar refractivity (Wildman–Crippen MR) is 124 cm³/mol. The van der Waals surface area contributed by atoms with Gasteiger partial charge in [0.15, 0.2) is 11.5 Å². The third-order valence-corrected chi connectivity index (χ3v) is 4.98. The molecule has 0 radical (unpaired) electrons. The van der Waals surface area contributed by atoms with Gasteiger partial charge in [0.2, 0.25) is 5.91 Å². The monoisotopic (exact) mass is 447 g/mol. The first kappa shape index (κ1) is 22.0. The van der Waals surface area contributed by atoms with Crippen LogP contribution in [0.2, 0.25) is 0 Å². The number of nitrogens with one attached hydrogen (secondary N) is 2. The molecule has 1 aliphatic rings. The Morgan fingerprint density at radius 1 is 0.909 bits per heavy atom. The molecule has 8 heteroatoms. The van der Waals surface area contributed by atoms with Crippen molar-refractivity contribution in [2.24, 2.45) is 5.73 Å². The van der Waals surface area contributed by atoms with E-state index in [1.807, 2.05) is 30.3 Å². The van der Waals surface area contributed by atoms with E-state index in [2.05, 4.69) is 10.6 Å². The maximum absolute atomic E-state index is 12.8. The SMILES string of the molecule is NC(=O)N[C@@H](CC(=O)Nc1ccc2c(c1)OCCCO2)c1cccc(Oc2ccccc2)c1. The Balaban J connectivity index is 1.46. The number of rotatable bonds is 7. The van der Waals surface area contributed by atoms with Crippen LogP contribution in [0.25, 0.3) is 0 Å². The van der Waals surface area contributed by atoms with Crippen LogP contribution in [-0.2, 0) is 4.79 Å². The van der Waals surface area contributed by atoms with E-state index in [0.29, 0.717) is 47.5 Å². The van der Waals surface area contributed by atoms with E-state index < -0.39 is 12.1 Å². The van der Waals surface area contributed by atoms with Gasteiger partial charge in [-0.1, -0.05) is 30.3 Å². The van der Waals surface area contributed by atoms with Crippen molar-refractivity contribution in [2.75, 3.05) is 18.5 Å². The maximum atomic E-state index is 12.8. The number of ether oxygens (including phenoxy) is 3. The standard InChI is InChI=1S/C25H25N3O5/c26-25(30)28-21(17-6-4-9-20(14-17)33-19-7-2-1-3-8-19)16-24(29)27-18-10-11-22-23(15-18)32-13-5-12-31-22/h1-4,6-11,14-15,21H,5,12-13,16H2,(H,27,29)(H3,26,28,30)/t21-/m0/s1. The van der Waals surface area contributed by atoms with E-state index in [-0.39, 0.29) is 12.3 Å². The van der Waals surface area contributed by atoms with Gasteiger partial charge >= 0.3 is 6.03 Å². The summed E-state index contributed by atoms with van der Waals surface area (Å²) in [5.41, 5.74) is 6.63. The van der Waals surface area contributed by atoms with Gasteiger partial charge in [-0.2, -0.15) is 0 Å². The number of para-hydroxylation sites is 1. The van der Waals surface area contributed by atoms with E-state index in [1.165, 1.54) is 0 Å². The van der Waals surface area contributed by atoms with Gasteiger partial charge in [-0.15, -0.1) is 0 Å². The number of carbonyl (C=O) groups excluding carboxylic acids is 2. The summed E-state index contributed by atoms with van der Waals surface area (Å²) < 4.78 is 17.2. The number of hydrogen-bond donors (Lipinski definition) is 3. The average molecular weight is 447 g/mol. The number of primary amides is 1. The molecule has 3 aromatic rings. The van der Waals surface area contributed by atoms with Crippen molar-refractivity contribution in [3.8, 4) is 23.0 Å². The molecule has 170 valence electrons. The highest BCUT2D eigenvalue weighted by Gasteiger charge is 2.19. The quantitative estimate of drug-likeness (QED) is 0.498. The van der Waals surface area contributed by atoms with Gasteiger partial charge in [0, 0.05) is 18.2 Å². The average Bonchev–Trinajstić information content (AvgIpc) is 3.04. The van der Waals surface area contributed by atoms with Crippen molar-refractivity contribution in [1.29, 1.82) is 0 Å². The summed E-state index contributed by atoms with van der Waals surface area (Å²) in [4.78, 5) is 24.4. The van der Waals surface area contributed by atoms with Gasteiger partial charge in [0.25, 0.3) is 0 Å². The lowest BCUT2D eigenvalue weighted by molar-refractivity contribution is -0.116. The first-order valence-electron chi connectivity index (χ1n) is 10.7. The molecule has 0 fully saturated rings. The Bertz CT molecular complexity index is 1120. The fourth-order valence-electron chi connectivity index (χ4n) is 3.48. The number of urea groups is 1. The van der Waals surface area contributed by atoms with Gasteiger partial charge in [0.05, 0.1) is 25.7 Å². The molecule has 1 atom stereocenters. The van der Waals surface area contributed by atoms with E-state index in [9.17, 15) is 9.59 Å². The normalized spacial score (nSPS) is 13.3. The van der Waals surface area contributed by atoms with Crippen molar-refractivity contribution in [1.82, 2.24) is 5.32 Å². The minimum absolute atomic E-state index is 0.0217.